The predicted molar refractivity (Wildman–Crippen MR) is 91.0 cm³/mol. The summed E-state index contributed by atoms with van der Waals surface area (Å²) in [6.07, 6.45) is -0.849. The SMILES string of the molecule is CC(C)(C)OC(=O)NCCC1([N+](=O)[O-])CCN(C(=O)OC(C)(C)C)C1. The van der Waals surface area contributed by atoms with Crippen LogP contribution < -0.4 is 5.32 Å². The number of ether oxygens (including phenoxy) is 2. The van der Waals surface area contributed by atoms with Crippen LogP contribution in [0.25, 0.3) is 0 Å². The molecule has 1 unspecified atom stereocenters. The number of carbonyl (C=O) groups excluding carboxylic acids is 2. The molecule has 1 aliphatic rings. The molecule has 1 atom stereocenters. The Morgan fingerprint density at radius 2 is 1.72 bits per heavy atom. The van der Waals surface area contributed by atoms with E-state index < -0.39 is 28.9 Å². The van der Waals surface area contributed by atoms with Gasteiger partial charge in [-0.2, -0.15) is 0 Å². The molecule has 0 aromatic rings. The molecule has 1 N–H and O–H groups in total. The molecule has 9 heteroatoms. The molecule has 2 amide bonds. The maximum Gasteiger partial charge on any atom is 0.410 e. The highest BCUT2D eigenvalue weighted by atomic mass is 16.6. The van der Waals surface area contributed by atoms with E-state index in [2.05, 4.69) is 5.32 Å². The van der Waals surface area contributed by atoms with E-state index in [1.807, 2.05) is 0 Å². The minimum Gasteiger partial charge on any atom is -0.444 e. The van der Waals surface area contributed by atoms with Gasteiger partial charge >= 0.3 is 12.2 Å². The summed E-state index contributed by atoms with van der Waals surface area (Å²) in [4.78, 5) is 36.3. The summed E-state index contributed by atoms with van der Waals surface area (Å²) >= 11 is 0. The van der Waals surface area contributed by atoms with Crippen LogP contribution in [0.2, 0.25) is 0 Å². The highest BCUT2D eigenvalue weighted by Gasteiger charge is 2.50. The number of alkyl carbamates (subject to hydrolysis) is 1. The summed E-state index contributed by atoms with van der Waals surface area (Å²) in [5.74, 6) is 0. The van der Waals surface area contributed by atoms with Gasteiger partial charge in [0.05, 0.1) is 6.54 Å². The van der Waals surface area contributed by atoms with Crippen LogP contribution in [0.4, 0.5) is 9.59 Å². The van der Waals surface area contributed by atoms with Crippen molar-refractivity contribution in [3.05, 3.63) is 10.1 Å². The molecule has 1 heterocycles. The van der Waals surface area contributed by atoms with Crippen molar-refractivity contribution >= 4 is 12.2 Å². The summed E-state index contributed by atoms with van der Waals surface area (Å²) in [5.41, 5.74) is -2.58. The van der Waals surface area contributed by atoms with E-state index in [9.17, 15) is 19.7 Å². The maximum atomic E-state index is 12.1. The quantitative estimate of drug-likeness (QED) is 0.610. The van der Waals surface area contributed by atoms with Crippen LogP contribution >= 0.6 is 0 Å². The van der Waals surface area contributed by atoms with Gasteiger partial charge in [-0.1, -0.05) is 0 Å². The number of likely N-dealkylation sites (tertiary alicyclic amines) is 1. The molecule has 1 saturated heterocycles. The van der Waals surface area contributed by atoms with Gasteiger partial charge < -0.3 is 19.7 Å². The van der Waals surface area contributed by atoms with Crippen LogP contribution in [0.1, 0.15) is 54.4 Å². The topological polar surface area (TPSA) is 111 Å². The zero-order valence-corrected chi connectivity index (χ0v) is 15.9. The van der Waals surface area contributed by atoms with E-state index in [1.165, 1.54) is 4.90 Å². The Morgan fingerprint density at radius 1 is 1.16 bits per heavy atom. The summed E-state index contributed by atoms with van der Waals surface area (Å²) in [7, 11) is 0. The first-order valence-corrected chi connectivity index (χ1v) is 8.33. The normalized spacial score (nSPS) is 21.0. The Kier molecular flexibility index (Phi) is 6.25. The van der Waals surface area contributed by atoms with Crippen molar-refractivity contribution in [2.24, 2.45) is 0 Å². The molecule has 1 aliphatic heterocycles. The van der Waals surface area contributed by atoms with Crippen LogP contribution in [0.5, 0.6) is 0 Å². The second kappa shape index (κ2) is 7.45. The molecule has 9 nitrogen and oxygen atoms in total. The number of nitro groups is 1. The van der Waals surface area contributed by atoms with Gasteiger partial charge in [-0.25, -0.2) is 9.59 Å². The average Bonchev–Trinajstić information content (AvgIpc) is 2.80. The van der Waals surface area contributed by atoms with Crippen LogP contribution in [0.15, 0.2) is 0 Å². The maximum absolute atomic E-state index is 12.1. The highest BCUT2D eigenvalue weighted by molar-refractivity contribution is 5.69. The first-order chi connectivity index (χ1) is 11.2. The van der Waals surface area contributed by atoms with Crippen LogP contribution in [0, 0.1) is 10.1 Å². The second-order valence-electron chi connectivity index (χ2n) is 8.31. The molecule has 0 bridgehead atoms. The number of nitrogens with one attached hydrogen (secondary N) is 1. The first kappa shape index (κ1) is 21.0. The molecule has 0 saturated carbocycles. The third-order valence-electron chi connectivity index (χ3n) is 3.63. The lowest BCUT2D eigenvalue weighted by Crippen LogP contribution is -2.46. The zero-order chi connectivity index (χ0) is 19.5. The Labute approximate surface area is 148 Å². The third kappa shape index (κ3) is 6.75. The van der Waals surface area contributed by atoms with E-state index in [-0.39, 0.29) is 37.4 Å². The Hall–Kier alpha value is -2.06. The minimum atomic E-state index is -1.29. The van der Waals surface area contributed by atoms with E-state index in [4.69, 9.17) is 9.47 Å². The van der Waals surface area contributed by atoms with E-state index in [0.29, 0.717) is 0 Å². The smallest absolute Gasteiger partial charge is 0.410 e. The Morgan fingerprint density at radius 3 is 2.20 bits per heavy atom. The van der Waals surface area contributed by atoms with E-state index >= 15 is 0 Å². The molecule has 1 fully saturated rings. The van der Waals surface area contributed by atoms with Crippen LogP contribution in [-0.4, -0.2) is 58.4 Å². The number of nitrogens with zero attached hydrogens (tertiary/aromatic N) is 2. The van der Waals surface area contributed by atoms with Crippen molar-refractivity contribution in [2.75, 3.05) is 19.6 Å². The zero-order valence-electron chi connectivity index (χ0n) is 15.9. The van der Waals surface area contributed by atoms with Crippen molar-refractivity contribution < 1.29 is 24.0 Å². The molecule has 0 spiro atoms. The molecule has 25 heavy (non-hydrogen) atoms. The van der Waals surface area contributed by atoms with Crippen LogP contribution in [-0.2, 0) is 9.47 Å². The molecular weight excluding hydrogens is 330 g/mol. The van der Waals surface area contributed by atoms with Gasteiger partial charge in [0, 0.05) is 30.9 Å². The summed E-state index contributed by atoms with van der Waals surface area (Å²) < 4.78 is 10.4. The van der Waals surface area contributed by atoms with Crippen molar-refractivity contribution in [1.82, 2.24) is 10.2 Å². The number of hydrogen-bond acceptors (Lipinski definition) is 6. The van der Waals surface area contributed by atoms with Crippen molar-refractivity contribution in [3.8, 4) is 0 Å². The van der Waals surface area contributed by atoms with Crippen molar-refractivity contribution in [2.45, 2.75) is 71.1 Å². The molecule has 0 radical (unpaired) electrons. The molecule has 0 aliphatic carbocycles. The largest absolute Gasteiger partial charge is 0.444 e. The lowest BCUT2D eigenvalue weighted by Gasteiger charge is -2.25. The fourth-order valence-corrected chi connectivity index (χ4v) is 2.49. The monoisotopic (exact) mass is 359 g/mol. The summed E-state index contributed by atoms with van der Waals surface area (Å²) in [6, 6.07) is 0. The van der Waals surface area contributed by atoms with Crippen molar-refractivity contribution in [1.29, 1.82) is 0 Å². The van der Waals surface area contributed by atoms with E-state index in [0.717, 1.165) is 0 Å². The van der Waals surface area contributed by atoms with E-state index in [1.54, 1.807) is 41.5 Å². The standard InChI is InChI=1S/C16H29N3O6/c1-14(2,3)24-12(20)17-9-7-16(19(22)23)8-10-18(11-16)13(21)25-15(4,5)6/h7-11H2,1-6H3,(H,17,20). The number of amides is 2. The Bertz CT molecular complexity index is 523. The van der Waals surface area contributed by atoms with Gasteiger partial charge in [0.1, 0.15) is 11.2 Å². The molecule has 0 aromatic heterocycles. The number of rotatable bonds is 4. The molecule has 0 aromatic carbocycles. The first-order valence-electron chi connectivity index (χ1n) is 8.33. The predicted octanol–water partition coefficient (Wildman–Crippen LogP) is 2.56. The lowest BCUT2D eigenvalue weighted by atomic mass is 9.95. The van der Waals surface area contributed by atoms with Gasteiger partial charge in [0.25, 0.3) is 0 Å². The highest BCUT2D eigenvalue weighted by Crippen LogP contribution is 2.29. The molecular formula is C16H29N3O6. The van der Waals surface area contributed by atoms with Gasteiger partial charge in [-0.15, -0.1) is 0 Å². The third-order valence-corrected chi connectivity index (χ3v) is 3.63. The van der Waals surface area contributed by atoms with Crippen LogP contribution in [0.3, 0.4) is 0 Å². The second-order valence-corrected chi connectivity index (χ2v) is 8.31. The number of carbonyl (C=O) groups is 2. The average molecular weight is 359 g/mol. The Balaban J connectivity index is 2.61. The van der Waals surface area contributed by atoms with Gasteiger partial charge in [-0.3, -0.25) is 10.1 Å². The summed E-state index contributed by atoms with van der Waals surface area (Å²) in [6.45, 7) is 10.7. The minimum absolute atomic E-state index is 0.0368. The van der Waals surface area contributed by atoms with Gasteiger partial charge in [0.2, 0.25) is 5.54 Å². The molecule has 144 valence electrons. The van der Waals surface area contributed by atoms with Gasteiger partial charge in [0.15, 0.2) is 0 Å². The fraction of sp³-hybridized carbons (Fsp3) is 0.875. The fourth-order valence-electron chi connectivity index (χ4n) is 2.49. The summed E-state index contributed by atoms with van der Waals surface area (Å²) in [5, 5.41) is 14.1. The van der Waals surface area contributed by atoms with Crippen molar-refractivity contribution in [3.63, 3.8) is 0 Å². The molecule has 1 rings (SSSR count). The lowest BCUT2D eigenvalue weighted by molar-refractivity contribution is -0.566. The number of hydrogen-bond donors (Lipinski definition) is 1. The van der Waals surface area contributed by atoms with Gasteiger partial charge in [-0.05, 0) is 41.5 Å².